The van der Waals surface area contributed by atoms with Gasteiger partial charge in [0.2, 0.25) is 0 Å². The molecule has 25 heavy (non-hydrogen) atoms. The first-order valence-electron chi connectivity index (χ1n) is 8.99. The molecule has 1 aliphatic rings. The fourth-order valence-electron chi connectivity index (χ4n) is 2.84. The van der Waals surface area contributed by atoms with Crippen LogP contribution in [0.15, 0.2) is 0 Å². The van der Waals surface area contributed by atoms with Crippen LogP contribution in [0.4, 0.5) is 4.79 Å². The summed E-state index contributed by atoms with van der Waals surface area (Å²) >= 11 is 0. The van der Waals surface area contributed by atoms with E-state index in [-0.39, 0.29) is 23.9 Å². The first kappa shape index (κ1) is 21.6. The zero-order valence-corrected chi connectivity index (χ0v) is 17.8. The number of methoxy groups -OCH3 is 1. The van der Waals surface area contributed by atoms with E-state index in [0.717, 1.165) is 19.3 Å². The fourth-order valence-corrected chi connectivity index (χ4v) is 3.50. The molecule has 0 aromatic heterocycles. The van der Waals surface area contributed by atoms with Crippen LogP contribution in [-0.4, -0.2) is 50.8 Å². The van der Waals surface area contributed by atoms with E-state index in [9.17, 15) is 9.59 Å². The molecular formula is C19H33NO4Si. The predicted octanol–water partition coefficient (Wildman–Crippen LogP) is 3.69. The highest BCUT2D eigenvalue weighted by atomic mass is 28.3. The second-order valence-electron chi connectivity index (χ2n) is 8.70. The number of piperidine rings is 1. The molecule has 0 N–H and O–H groups in total. The minimum Gasteiger partial charge on any atom is -0.469 e. The highest BCUT2D eigenvalue weighted by Crippen LogP contribution is 2.29. The van der Waals surface area contributed by atoms with Crippen molar-refractivity contribution in [3.63, 3.8) is 0 Å². The summed E-state index contributed by atoms with van der Waals surface area (Å²) in [6.07, 6.45) is 2.06. The lowest BCUT2D eigenvalue weighted by atomic mass is 9.82. The average Bonchev–Trinajstić information content (AvgIpc) is 2.48. The largest absolute Gasteiger partial charge is 0.469 e. The number of ether oxygens (including phenoxy) is 2. The van der Waals surface area contributed by atoms with Gasteiger partial charge in [-0.3, -0.25) is 4.79 Å². The third-order valence-corrected chi connectivity index (χ3v) is 4.94. The molecule has 1 heterocycles. The molecule has 1 rings (SSSR count). The van der Waals surface area contributed by atoms with Crippen LogP contribution in [-0.2, 0) is 14.3 Å². The van der Waals surface area contributed by atoms with E-state index in [1.807, 2.05) is 20.8 Å². The van der Waals surface area contributed by atoms with Crippen molar-refractivity contribution in [2.45, 2.75) is 65.3 Å². The third kappa shape index (κ3) is 7.96. The van der Waals surface area contributed by atoms with Gasteiger partial charge in [-0.15, -0.1) is 11.5 Å². The van der Waals surface area contributed by atoms with Gasteiger partial charge in [-0.2, -0.15) is 0 Å². The Morgan fingerprint density at radius 1 is 1.24 bits per heavy atom. The number of esters is 1. The van der Waals surface area contributed by atoms with Crippen LogP contribution in [0.5, 0.6) is 0 Å². The molecular weight excluding hydrogens is 334 g/mol. The highest BCUT2D eigenvalue weighted by molar-refractivity contribution is 6.83. The van der Waals surface area contributed by atoms with Crippen LogP contribution in [0.3, 0.4) is 0 Å². The standard InChI is InChI=1S/C19H33NO4Si/c1-19(2,3)24-18(22)20-12-11-15(16(14-20)17(21)23-4)10-8-9-13-25(5,6)7/h15-16H,8,10-12,14H2,1-7H3/t15-,16+/m0/s1. The Hall–Kier alpha value is -1.48. The fraction of sp³-hybridized carbons (Fsp3) is 0.789. The van der Waals surface area contributed by atoms with Gasteiger partial charge in [-0.25, -0.2) is 4.79 Å². The molecule has 0 saturated carbocycles. The zero-order chi connectivity index (χ0) is 19.3. The maximum Gasteiger partial charge on any atom is 0.410 e. The highest BCUT2D eigenvalue weighted by Gasteiger charge is 2.37. The lowest BCUT2D eigenvalue weighted by Gasteiger charge is -2.37. The van der Waals surface area contributed by atoms with Crippen molar-refractivity contribution in [3.05, 3.63) is 0 Å². The number of hydrogen-bond acceptors (Lipinski definition) is 4. The van der Waals surface area contributed by atoms with Gasteiger partial charge in [0.1, 0.15) is 13.7 Å². The summed E-state index contributed by atoms with van der Waals surface area (Å²) < 4.78 is 10.4. The summed E-state index contributed by atoms with van der Waals surface area (Å²) in [5, 5.41) is 0. The number of nitrogens with zero attached hydrogens (tertiary/aromatic N) is 1. The molecule has 2 atom stereocenters. The molecule has 1 saturated heterocycles. The molecule has 1 aliphatic heterocycles. The number of carbonyl (C=O) groups is 2. The zero-order valence-electron chi connectivity index (χ0n) is 16.8. The van der Waals surface area contributed by atoms with Gasteiger partial charge in [0.25, 0.3) is 0 Å². The van der Waals surface area contributed by atoms with Gasteiger partial charge in [0.05, 0.1) is 13.0 Å². The van der Waals surface area contributed by atoms with Crippen LogP contribution >= 0.6 is 0 Å². The first-order valence-corrected chi connectivity index (χ1v) is 12.5. The van der Waals surface area contributed by atoms with E-state index in [2.05, 4.69) is 31.1 Å². The van der Waals surface area contributed by atoms with E-state index >= 15 is 0 Å². The van der Waals surface area contributed by atoms with E-state index in [1.165, 1.54) is 7.11 Å². The van der Waals surface area contributed by atoms with Crippen LogP contribution in [0.2, 0.25) is 19.6 Å². The Morgan fingerprint density at radius 2 is 1.88 bits per heavy atom. The molecule has 0 aromatic carbocycles. The monoisotopic (exact) mass is 367 g/mol. The van der Waals surface area contributed by atoms with Gasteiger partial charge in [-0.05, 0) is 39.5 Å². The molecule has 1 fully saturated rings. The van der Waals surface area contributed by atoms with Crippen molar-refractivity contribution in [2.24, 2.45) is 11.8 Å². The number of hydrogen-bond donors (Lipinski definition) is 0. The predicted molar refractivity (Wildman–Crippen MR) is 102 cm³/mol. The van der Waals surface area contributed by atoms with Gasteiger partial charge >= 0.3 is 12.1 Å². The number of likely N-dealkylation sites (tertiary alicyclic amines) is 1. The number of rotatable bonds is 3. The lowest BCUT2D eigenvalue weighted by molar-refractivity contribution is -0.149. The summed E-state index contributed by atoms with van der Waals surface area (Å²) in [5.41, 5.74) is 2.82. The summed E-state index contributed by atoms with van der Waals surface area (Å²) in [5.74, 6) is 2.91. The number of carbonyl (C=O) groups excluding carboxylic acids is 2. The molecule has 0 spiro atoms. The van der Waals surface area contributed by atoms with Crippen LogP contribution < -0.4 is 0 Å². The Balaban J connectivity index is 2.71. The smallest absolute Gasteiger partial charge is 0.410 e. The summed E-state index contributed by atoms with van der Waals surface area (Å²) in [6, 6.07) is 0. The van der Waals surface area contributed by atoms with Gasteiger partial charge in [-0.1, -0.05) is 19.6 Å². The van der Waals surface area contributed by atoms with Crippen molar-refractivity contribution >= 4 is 20.1 Å². The molecule has 0 aromatic rings. The SMILES string of the molecule is COC(=O)[C@@H]1CN(C(=O)OC(C)(C)C)CC[C@@H]1CCC#C[Si](C)(C)C. The quantitative estimate of drug-likeness (QED) is 0.434. The second kappa shape index (κ2) is 8.75. The lowest BCUT2D eigenvalue weighted by Crippen LogP contribution is -2.48. The molecule has 142 valence electrons. The van der Waals surface area contributed by atoms with Gasteiger partial charge in [0.15, 0.2) is 0 Å². The summed E-state index contributed by atoms with van der Waals surface area (Å²) in [4.78, 5) is 26.1. The molecule has 0 radical (unpaired) electrons. The van der Waals surface area contributed by atoms with Crippen LogP contribution in [0, 0.1) is 23.3 Å². The Kier molecular flexibility index (Phi) is 7.55. The van der Waals surface area contributed by atoms with Crippen molar-refractivity contribution in [1.29, 1.82) is 0 Å². The van der Waals surface area contributed by atoms with Crippen LogP contribution in [0.25, 0.3) is 0 Å². The minimum absolute atomic E-state index is 0.196. The van der Waals surface area contributed by atoms with Crippen molar-refractivity contribution in [1.82, 2.24) is 4.90 Å². The summed E-state index contributed by atoms with van der Waals surface area (Å²) in [6.45, 7) is 13.1. The van der Waals surface area contributed by atoms with E-state index in [0.29, 0.717) is 13.1 Å². The van der Waals surface area contributed by atoms with E-state index < -0.39 is 13.7 Å². The number of amides is 1. The normalized spacial score (nSPS) is 21.2. The van der Waals surface area contributed by atoms with E-state index in [1.54, 1.807) is 4.90 Å². The summed E-state index contributed by atoms with van der Waals surface area (Å²) in [7, 11) is 0.0390. The molecule has 6 heteroatoms. The van der Waals surface area contributed by atoms with Crippen molar-refractivity contribution < 1.29 is 19.1 Å². The Bertz CT molecular complexity index is 536. The third-order valence-electron chi connectivity index (χ3n) is 4.02. The maximum atomic E-state index is 12.3. The molecule has 1 amide bonds. The van der Waals surface area contributed by atoms with Gasteiger partial charge in [0, 0.05) is 19.5 Å². The van der Waals surface area contributed by atoms with Crippen molar-refractivity contribution in [2.75, 3.05) is 20.2 Å². The van der Waals surface area contributed by atoms with Crippen LogP contribution in [0.1, 0.15) is 40.0 Å². The maximum absolute atomic E-state index is 12.3. The molecule has 5 nitrogen and oxygen atoms in total. The first-order chi connectivity index (χ1) is 11.4. The molecule has 0 unspecified atom stereocenters. The van der Waals surface area contributed by atoms with Crippen molar-refractivity contribution in [3.8, 4) is 11.5 Å². The Morgan fingerprint density at radius 3 is 2.40 bits per heavy atom. The average molecular weight is 368 g/mol. The topological polar surface area (TPSA) is 55.8 Å². The second-order valence-corrected chi connectivity index (χ2v) is 13.4. The Labute approximate surface area is 153 Å². The van der Waals surface area contributed by atoms with Gasteiger partial charge < -0.3 is 14.4 Å². The molecule has 0 aliphatic carbocycles. The van der Waals surface area contributed by atoms with E-state index in [4.69, 9.17) is 9.47 Å². The molecule has 0 bridgehead atoms. The minimum atomic E-state index is -1.36.